The summed E-state index contributed by atoms with van der Waals surface area (Å²) in [5.41, 5.74) is 0.613. The van der Waals surface area contributed by atoms with E-state index >= 15 is 0 Å². The van der Waals surface area contributed by atoms with E-state index in [1.54, 1.807) is 24.3 Å². The molecule has 1 amide bonds. The fourth-order valence-electron chi connectivity index (χ4n) is 0.807. The number of carbonyl (C=O) groups is 1. The molecule has 13 heavy (non-hydrogen) atoms. The van der Waals surface area contributed by atoms with Crippen LogP contribution in [0.5, 0.6) is 0 Å². The third kappa shape index (κ3) is 2.24. The molecule has 0 saturated heterocycles. The first kappa shape index (κ1) is 9.63. The summed E-state index contributed by atoms with van der Waals surface area (Å²) < 4.78 is 0. The third-order valence-corrected chi connectivity index (χ3v) is 1.88. The first-order valence-corrected chi connectivity index (χ1v) is 3.91. The molecular formula is C8H8N2O2S. The number of hydrogen-bond acceptors (Lipinski definition) is 3. The maximum atomic E-state index is 10.4. The first-order chi connectivity index (χ1) is 6.13. The maximum Gasteiger partial charge on any atom is 0.427 e. The van der Waals surface area contributed by atoms with Crippen LogP contribution >= 0.6 is 12.2 Å². The number of carboxylic acid groups (broad SMARTS) is 1. The standard InChI is InChI=1S/C8H8N2O2S/c9-10(8(11)12)7(13)6-4-2-1-3-5-6/h1-5H,9H2,(H,11,12). The minimum Gasteiger partial charge on any atom is -0.464 e. The van der Waals surface area contributed by atoms with Gasteiger partial charge in [-0.1, -0.05) is 42.5 Å². The topological polar surface area (TPSA) is 66.6 Å². The number of thiocarbonyl (C=S) groups is 1. The van der Waals surface area contributed by atoms with Crippen LogP contribution in [0, 0.1) is 0 Å². The van der Waals surface area contributed by atoms with Crippen molar-refractivity contribution in [3.8, 4) is 0 Å². The Kier molecular flexibility index (Phi) is 2.94. The fraction of sp³-hybridized carbons (Fsp3) is 0. The Hall–Kier alpha value is -1.46. The van der Waals surface area contributed by atoms with Gasteiger partial charge in [-0.3, -0.25) is 0 Å². The molecule has 0 aliphatic carbocycles. The van der Waals surface area contributed by atoms with Gasteiger partial charge in [0, 0.05) is 5.56 Å². The first-order valence-electron chi connectivity index (χ1n) is 3.50. The van der Waals surface area contributed by atoms with E-state index in [2.05, 4.69) is 0 Å². The smallest absolute Gasteiger partial charge is 0.427 e. The molecule has 0 radical (unpaired) electrons. The molecule has 0 heterocycles. The van der Waals surface area contributed by atoms with Crippen molar-refractivity contribution in [2.45, 2.75) is 0 Å². The van der Waals surface area contributed by atoms with E-state index in [-0.39, 0.29) is 4.99 Å². The summed E-state index contributed by atoms with van der Waals surface area (Å²) in [6.07, 6.45) is -1.27. The molecular weight excluding hydrogens is 188 g/mol. The highest BCUT2D eigenvalue weighted by Crippen LogP contribution is 2.03. The van der Waals surface area contributed by atoms with Gasteiger partial charge in [0.25, 0.3) is 0 Å². The predicted octanol–water partition coefficient (Wildman–Crippen LogP) is 1.22. The number of hydrogen-bond donors (Lipinski definition) is 2. The lowest BCUT2D eigenvalue weighted by molar-refractivity contribution is 0.170. The van der Waals surface area contributed by atoms with Crippen molar-refractivity contribution >= 4 is 23.3 Å². The van der Waals surface area contributed by atoms with Crippen LogP contribution in [0.25, 0.3) is 0 Å². The van der Waals surface area contributed by atoms with Crippen molar-refractivity contribution in [3.05, 3.63) is 35.9 Å². The van der Waals surface area contributed by atoms with Gasteiger partial charge in [0.1, 0.15) is 4.99 Å². The monoisotopic (exact) mass is 196 g/mol. The van der Waals surface area contributed by atoms with Crippen LogP contribution in [0.4, 0.5) is 4.79 Å². The largest absolute Gasteiger partial charge is 0.464 e. The fourth-order valence-corrected chi connectivity index (χ4v) is 1.02. The van der Waals surface area contributed by atoms with E-state index < -0.39 is 6.09 Å². The van der Waals surface area contributed by atoms with Crippen LogP contribution in [0.15, 0.2) is 30.3 Å². The molecule has 3 N–H and O–H groups in total. The minimum absolute atomic E-state index is 0.0908. The predicted molar refractivity (Wildman–Crippen MR) is 52.2 cm³/mol. The minimum atomic E-state index is -1.27. The average molecular weight is 196 g/mol. The Labute approximate surface area is 80.5 Å². The molecule has 4 nitrogen and oxygen atoms in total. The summed E-state index contributed by atoms with van der Waals surface area (Å²) in [4.78, 5) is 10.5. The zero-order valence-corrected chi connectivity index (χ0v) is 7.49. The lowest BCUT2D eigenvalue weighted by Crippen LogP contribution is -2.40. The molecule has 1 aromatic carbocycles. The lowest BCUT2D eigenvalue weighted by Gasteiger charge is -2.12. The van der Waals surface area contributed by atoms with Crippen molar-refractivity contribution < 1.29 is 9.90 Å². The molecule has 0 saturated carbocycles. The molecule has 0 atom stereocenters. The van der Waals surface area contributed by atoms with Crippen LogP contribution in [0.3, 0.4) is 0 Å². The summed E-state index contributed by atoms with van der Waals surface area (Å²) in [5.74, 6) is 5.18. The molecule has 0 fully saturated rings. The van der Waals surface area contributed by atoms with Gasteiger partial charge in [0.05, 0.1) is 0 Å². The van der Waals surface area contributed by atoms with E-state index in [1.165, 1.54) is 0 Å². The van der Waals surface area contributed by atoms with Crippen molar-refractivity contribution in [2.75, 3.05) is 0 Å². The molecule has 0 aliphatic rings. The second-order valence-corrected chi connectivity index (χ2v) is 2.71. The average Bonchev–Trinajstić information content (AvgIpc) is 2.17. The van der Waals surface area contributed by atoms with Gasteiger partial charge in [0.15, 0.2) is 0 Å². The summed E-state index contributed by atoms with van der Waals surface area (Å²) in [7, 11) is 0. The van der Waals surface area contributed by atoms with E-state index in [4.69, 9.17) is 23.2 Å². The van der Waals surface area contributed by atoms with Gasteiger partial charge in [-0.15, -0.1) is 0 Å². The Morgan fingerprint density at radius 3 is 2.38 bits per heavy atom. The molecule has 0 unspecified atom stereocenters. The number of amides is 1. The Morgan fingerprint density at radius 1 is 1.38 bits per heavy atom. The molecule has 0 spiro atoms. The van der Waals surface area contributed by atoms with Gasteiger partial charge in [-0.05, 0) is 0 Å². The highest BCUT2D eigenvalue weighted by atomic mass is 32.1. The van der Waals surface area contributed by atoms with E-state index in [1.807, 2.05) is 6.07 Å². The van der Waals surface area contributed by atoms with Crippen LogP contribution in [-0.2, 0) is 0 Å². The van der Waals surface area contributed by atoms with Crippen molar-refractivity contribution in [1.29, 1.82) is 0 Å². The number of hydrazine groups is 1. The molecule has 0 aromatic heterocycles. The van der Waals surface area contributed by atoms with Crippen molar-refractivity contribution in [2.24, 2.45) is 5.84 Å². The van der Waals surface area contributed by atoms with Gasteiger partial charge in [-0.25, -0.2) is 15.6 Å². The maximum absolute atomic E-state index is 10.4. The Morgan fingerprint density at radius 2 is 1.92 bits per heavy atom. The second kappa shape index (κ2) is 3.97. The summed E-state index contributed by atoms with van der Waals surface area (Å²) >= 11 is 4.84. The van der Waals surface area contributed by atoms with Crippen LogP contribution < -0.4 is 5.84 Å². The molecule has 5 heteroatoms. The molecule has 68 valence electrons. The van der Waals surface area contributed by atoms with E-state index in [0.717, 1.165) is 0 Å². The van der Waals surface area contributed by atoms with Crippen LogP contribution in [0.1, 0.15) is 5.56 Å². The number of benzene rings is 1. The van der Waals surface area contributed by atoms with Gasteiger partial charge >= 0.3 is 6.09 Å². The quantitative estimate of drug-likeness (QED) is 0.307. The Balaban J connectivity index is 2.86. The van der Waals surface area contributed by atoms with Gasteiger partial charge in [-0.2, -0.15) is 0 Å². The zero-order valence-electron chi connectivity index (χ0n) is 6.68. The van der Waals surface area contributed by atoms with E-state index in [9.17, 15) is 4.79 Å². The highest BCUT2D eigenvalue weighted by molar-refractivity contribution is 7.80. The van der Waals surface area contributed by atoms with Crippen molar-refractivity contribution in [3.63, 3.8) is 0 Å². The normalized spacial score (nSPS) is 9.31. The molecule has 1 aromatic rings. The second-order valence-electron chi connectivity index (χ2n) is 2.32. The molecule has 1 rings (SSSR count). The summed E-state index contributed by atoms with van der Waals surface area (Å²) in [6.45, 7) is 0. The SMILES string of the molecule is NN(C(=O)O)C(=S)c1ccccc1. The van der Waals surface area contributed by atoms with Gasteiger partial charge in [0.2, 0.25) is 0 Å². The number of nitrogens with zero attached hydrogens (tertiary/aromatic N) is 1. The summed E-state index contributed by atoms with van der Waals surface area (Å²) in [6, 6.07) is 8.73. The van der Waals surface area contributed by atoms with Crippen LogP contribution in [0.2, 0.25) is 0 Å². The lowest BCUT2D eigenvalue weighted by atomic mass is 10.2. The molecule has 0 aliphatic heterocycles. The van der Waals surface area contributed by atoms with Crippen LogP contribution in [-0.4, -0.2) is 21.2 Å². The zero-order chi connectivity index (χ0) is 9.84. The Bertz CT molecular complexity index is 326. The van der Waals surface area contributed by atoms with Gasteiger partial charge < -0.3 is 5.11 Å². The summed E-state index contributed by atoms with van der Waals surface area (Å²) in [5, 5.41) is 9.05. The highest BCUT2D eigenvalue weighted by Gasteiger charge is 2.13. The molecule has 0 bridgehead atoms. The number of rotatable bonds is 1. The van der Waals surface area contributed by atoms with Crippen molar-refractivity contribution in [1.82, 2.24) is 5.01 Å². The van der Waals surface area contributed by atoms with E-state index in [0.29, 0.717) is 10.6 Å². The number of nitrogens with two attached hydrogens (primary N) is 1. The third-order valence-electron chi connectivity index (χ3n) is 1.45.